The van der Waals surface area contributed by atoms with Crippen LogP contribution in [0.2, 0.25) is 5.02 Å². The Kier molecular flexibility index (Phi) is 3.35. The lowest BCUT2D eigenvalue weighted by atomic mass is 10.1. The molecule has 0 unspecified atom stereocenters. The van der Waals surface area contributed by atoms with Gasteiger partial charge in [0.15, 0.2) is 0 Å². The molecule has 0 aliphatic rings. The summed E-state index contributed by atoms with van der Waals surface area (Å²) >= 11 is 6.28. The van der Waals surface area contributed by atoms with Gasteiger partial charge in [-0.2, -0.15) is 0 Å². The van der Waals surface area contributed by atoms with Gasteiger partial charge in [-0.3, -0.25) is 0 Å². The third-order valence-corrected chi connectivity index (χ3v) is 2.82. The summed E-state index contributed by atoms with van der Waals surface area (Å²) in [5.74, 6) is 1.24. The molecule has 18 heavy (non-hydrogen) atoms. The normalized spacial score (nSPS) is 11.6. The highest BCUT2D eigenvalue weighted by atomic mass is 35.5. The fraction of sp³-hybridized carbons (Fsp3) is 0.357. The molecular weight excluding hydrogens is 250 g/mol. The number of rotatable bonds is 2. The van der Waals surface area contributed by atoms with Crippen LogP contribution in [0.3, 0.4) is 0 Å². The van der Waals surface area contributed by atoms with E-state index < -0.39 is 0 Å². The van der Waals surface area contributed by atoms with E-state index in [4.69, 9.17) is 21.1 Å². The number of ether oxygens (including phenoxy) is 2. The van der Waals surface area contributed by atoms with E-state index in [0.717, 1.165) is 10.8 Å². The van der Waals surface area contributed by atoms with Crippen molar-refractivity contribution in [2.24, 2.45) is 0 Å². The van der Waals surface area contributed by atoms with Crippen LogP contribution < -0.4 is 9.47 Å². The van der Waals surface area contributed by atoms with E-state index in [0.29, 0.717) is 16.7 Å². The number of fused-ring (bicyclic) bond motifs is 1. The van der Waals surface area contributed by atoms with Gasteiger partial charge in [-0.25, -0.2) is 4.98 Å². The fourth-order valence-electron chi connectivity index (χ4n) is 1.70. The predicted octanol–water partition coefficient (Wildman–Crippen LogP) is 4.07. The molecule has 2 aromatic rings. The summed E-state index contributed by atoms with van der Waals surface area (Å²) in [6, 6.07) is 5.59. The minimum absolute atomic E-state index is 0.298. The number of benzene rings is 1. The third-order valence-electron chi connectivity index (χ3n) is 2.43. The lowest BCUT2D eigenvalue weighted by Gasteiger charge is -2.21. The van der Waals surface area contributed by atoms with Crippen LogP contribution in [0.4, 0.5) is 0 Å². The average molecular weight is 266 g/mol. The maximum absolute atomic E-state index is 6.28. The van der Waals surface area contributed by atoms with Gasteiger partial charge in [0.2, 0.25) is 5.88 Å². The molecule has 0 N–H and O–H groups in total. The van der Waals surface area contributed by atoms with E-state index in [9.17, 15) is 0 Å². The Balaban J connectivity index is 2.61. The second kappa shape index (κ2) is 4.65. The van der Waals surface area contributed by atoms with E-state index in [1.54, 1.807) is 13.3 Å². The van der Waals surface area contributed by atoms with Crippen molar-refractivity contribution in [2.45, 2.75) is 26.4 Å². The molecule has 0 spiro atoms. The second-order valence-electron chi connectivity index (χ2n) is 5.01. The smallest absolute Gasteiger partial charge is 0.221 e. The Morgan fingerprint density at radius 2 is 1.83 bits per heavy atom. The molecule has 1 heterocycles. The number of nitrogens with zero attached hydrogens (tertiary/aromatic N) is 1. The summed E-state index contributed by atoms with van der Waals surface area (Å²) in [6.07, 6.45) is 1.69. The lowest BCUT2D eigenvalue weighted by molar-refractivity contribution is 0.126. The number of methoxy groups -OCH3 is 1. The molecule has 0 atom stereocenters. The van der Waals surface area contributed by atoms with Gasteiger partial charge in [-0.15, -0.1) is 0 Å². The van der Waals surface area contributed by atoms with Crippen LogP contribution in [-0.2, 0) is 0 Å². The third kappa shape index (κ3) is 2.51. The number of hydrogen-bond donors (Lipinski definition) is 0. The van der Waals surface area contributed by atoms with Crippen molar-refractivity contribution in [1.29, 1.82) is 0 Å². The van der Waals surface area contributed by atoms with Crippen molar-refractivity contribution in [3.05, 3.63) is 29.4 Å². The van der Waals surface area contributed by atoms with Gasteiger partial charge in [0, 0.05) is 17.0 Å². The molecule has 0 bridgehead atoms. The quantitative estimate of drug-likeness (QED) is 0.820. The molecule has 0 aliphatic carbocycles. The van der Waals surface area contributed by atoms with Crippen LogP contribution >= 0.6 is 11.6 Å². The molecule has 0 aliphatic heterocycles. The van der Waals surface area contributed by atoms with Crippen LogP contribution in [0.5, 0.6) is 11.6 Å². The van der Waals surface area contributed by atoms with Gasteiger partial charge in [-0.1, -0.05) is 11.6 Å². The number of pyridine rings is 1. The molecule has 1 aromatic heterocycles. The topological polar surface area (TPSA) is 31.4 Å². The van der Waals surface area contributed by atoms with E-state index in [-0.39, 0.29) is 5.60 Å². The summed E-state index contributed by atoms with van der Waals surface area (Å²) in [5, 5.41) is 2.35. The molecule has 1 aromatic carbocycles. The first-order valence-electron chi connectivity index (χ1n) is 5.72. The van der Waals surface area contributed by atoms with E-state index in [2.05, 4.69) is 4.98 Å². The number of hydrogen-bond acceptors (Lipinski definition) is 3. The zero-order valence-corrected chi connectivity index (χ0v) is 11.7. The Morgan fingerprint density at radius 1 is 1.11 bits per heavy atom. The zero-order chi connectivity index (χ0) is 13.3. The standard InChI is InChI=1S/C14H16ClNO2/c1-14(2,3)18-13-10-5-6-11(17-4)12(15)9(10)7-8-16-13/h5-8H,1-4H3. The number of aromatic nitrogens is 1. The van der Waals surface area contributed by atoms with Gasteiger partial charge in [-0.05, 0) is 39.0 Å². The lowest BCUT2D eigenvalue weighted by Crippen LogP contribution is -2.23. The summed E-state index contributed by atoms with van der Waals surface area (Å²) < 4.78 is 11.0. The molecule has 0 amide bonds. The first-order chi connectivity index (χ1) is 8.42. The first-order valence-corrected chi connectivity index (χ1v) is 6.10. The average Bonchev–Trinajstić information content (AvgIpc) is 2.28. The van der Waals surface area contributed by atoms with Crippen LogP contribution in [0.25, 0.3) is 10.8 Å². The maximum atomic E-state index is 6.28. The highest BCUT2D eigenvalue weighted by Crippen LogP contribution is 2.36. The van der Waals surface area contributed by atoms with Crippen molar-refractivity contribution >= 4 is 22.4 Å². The highest BCUT2D eigenvalue weighted by molar-refractivity contribution is 6.37. The van der Waals surface area contributed by atoms with E-state index in [1.165, 1.54) is 0 Å². The van der Waals surface area contributed by atoms with Crippen molar-refractivity contribution in [3.8, 4) is 11.6 Å². The monoisotopic (exact) mass is 265 g/mol. The summed E-state index contributed by atoms with van der Waals surface area (Å²) in [6.45, 7) is 5.95. The van der Waals surface area contributed by atoms with Crippen molar-refractivity contribution < 1.29 is 9.47 Å². The molecule has 0 fully saturated rings. The van der Waals surface area contributed by atoms with Gasteiger partial charge in [0.05, 0.1) is 12.1 Å². The Morgan fingerprint density at radius 3 is 2.44 bits per heavy atom. The summed E-state index contributed by atoms with van der Waals surface area (Å²) in [7, 11) is 1.60. The highest BCUT2D eigenvalue weighted by Gasteiger charge is 2.16. The number of halogens is 1. The van der Waals surface area contributed by atoms with Crippen LogP contribution in [0.15, 0.2) is 24.4 Å². The summed E-state index contributed by atoms with van der Waals surface area (Å²) in [4.78, 5) is 4.27. The van der Waals surface area contributed by atoms with Gasteiger partial charge in [0.25, 0.3) is 0 Å². The molecule has 0 saturated heterocycles. The van der Waals surface area contributed by atoms with Crippen molar-refractivity contribution in [1.82, 2.24) is 4.98 Å². The molecule has 96 valence electrons. The largest absolute Gasteiger partial charge is 0.495 e. The Labute approximate surface area is 112 Å². The van der Waals surface area contributed by atoms with Gasteiger partial charge >= 0.3 is 0 Å². The predicted molar refractivity (Wildman–Crippen MR) is 73.7 cm³/mol. The Bertz CT molecular complexity index is 576. The Hall–Kier alpha value is -1.48. The minimum atomic E-state index is -0.298. The summed E-state index contributed by atoms with van der Waals surface area (Å²) in [5.41, 5.74) is -0.298. The zero-order valence-electron chi connectivity index (χ0n) is 11.0. The van der Waals surface area contributed by atoms with Crippen molar-refractivity contribution in [3.63, 3.8) is 0 Å². The second-order valence-corrected chi connectivity index (χ2v) is 5.39. The maximum Gasteiger partial charge on any atom is 0.221 e. The molecule has 2 rings (SSSR count). The molecule has 4 heteroatoms. The van der Waals surface area contributed by atoms with Gasteiger partial charge < -0.3 is 9.47 Å². The van der Waals surface area contributed by atoms with Crippen LogP contribution in [-0.4, -0.2) is 17.7 Å². The molecule has 0 radical (unpaired) electrons. The first kappa shape index (κ1) is 13.0. The fourth-order valence-corrected chi connectivity index (χ4v) is 2.01. The molecule has 0 saturated carbocycles. The molecular formula is C14H16ClNO2. The van der Waals surface area contributed by atoms with Crippen LogP contribution in [0.1, 0.15) is 20.8 Å². The van der Waals surface area contributed by atoms with E-state index >= 15 is 0 Å². The van der Waals surface area contributed by atoms with Gasteiger partial charge in [0.1, 0.15) is 11.4 Å². The molecule has 3 nitrogen and oxygen atoms in total. The van der Waals surface area contributed by atoms with Crippen molar-refractivity contribution in [2.75, 3.05) is 7.11 Å². The van der Waals surface area contributed by atoms with E-state index in [1.807, 2.05) is 39.0 Å². The SMILES string of the molecule is COc1ccc2c(OC(C)(C)C)nccc2c1Cl. The van der Waals surface area contributed by atoms with Crippen LogP contribution in [0, 0.1) is 0 Å². The minimum Gasteiger partial charge on any atom is -0.495 e.